The van der Waals surface area contributed by atoms with E-state index in [1.165, 1.54) is 4.31 Å². The molecule has 0 N–H and O–H groups in total. The molecule has 0 bridgehead atoms. The van der Waals surface area contributed by atoms with Gasteiger partial charge in [0.25, 0.3) is 0 Å². The zero-order valence-corrected chi connectivity index (χ0v) is 20.3. The van der Waals surface area contributed by atoms with Crippen molar-refractivity contribution < 1.29 is 27.2 Å². The fourth-order valence-electron chi connectivity index (χ4n) is 5.06. The predicted molar refractivity (Wildman–Crippen MR) is 122 cm³/mol. The molecular weight excluding hydrogens is 460 g/mol. The number of sulfonamides is 1. The molecular formula is C23H30N4O6S. The molecule has 0 aliphatic carbocycles. The summed E-state index contributed by atoms with van der Waals surface area (Å²) in [4.78, 5) is 17.3. The van der Waals surface area contributed by atoms with Gasteiger partial charge in [0.2, 0.25) is 15.9 Å². The number of aryl methyl sites for hydroxylation is 2. The Bertz CT molecular complexity index is 1150. The average molecular weight is 491 g/mol. The number of hydrogen-bond donors (Lipinski definition) is 0. The fourth-order valence-corrected chi connectivity index (χ4v) is 6.77. The van der Waals surface area contributed by atoms with Crippen LogP contribution < -0.4 is 9.47 Å². The van der Waals surface area contributed by atoms with Gasteiger partial charge >= 0.3 is 0 Å². The summed E-state index contributed by atoms with van der Waals surface area (Å²) in [5.74, 6) is 1.85. The van der Waals surface area contributed by atoms with Crippen molar-refractivity contribution in [3.8, 4) is 11.5 Å². The number of benzene rings is 1. The van der Waals surface area contributed by atoms with Gasteiger partial charge in [0.15, 0.2) is 17.3 Å². The van der Waals surface area contributed by atoms with Gasteiger partial charge in [0, 0.05) is 32.7 Å². The quantitative estimate of drug-likeness (QED) is 0.624. The maximum absolute atomic E-state index is 13.2. The lowest BCUT2D eigenvalue weighted by molar-refractivity contribution is -0.133. The third kappa shape index (κ3) is 4.27. The van der Waals surface area contributed by atoms with Gasteiger partial charge < -0.3 is 18.9 Å². The second kappa shape index (κ2) is 9.20. The Balaban J connectivity index is 1.21. The summed E-state index contributed by atoms with van der Waals surface area (Å²) in [6.45, 7) is 6.96. The largest absolute Gasteiger partial charge is 0.486 e. The number of carbonyl (C=O) groups excluding carboxylic acids is 1. The smallest absolute Gasteiger partial charge is 0.248 e. The van der Waals surface area contributed by atoms with Gasteiger partial charge in [0.1, 0.15) is 23.8 Å². The third-order valence-electron chi connectivity index (χ3n) is 6.78. The van der Waals surface area contributed by atoms with E-state index in [9.17, 15) is 13.2 Å². The molecule has 2 aromatic rings. The van der Waals surface area contributed by atoms with Crippen LogP contribution in [0.25, 0.3) is 0 Å². The molecule has 11 heteroatoms. The van der Waals surface area contributed by atoms with Gasteiger partial charge in [0.05, 0.1) is 12.6 Å². The standard InChI is InChI=1S/C23H30N4O6S/c1-16-23(17(2)33-24-16)34(29,30)26-10-8-25(9-11-26)15-22(28)27-7-3-4-19(27)18-5-6-20-21(14-18)32-13-12-31-20/h5-6,14,19H,3-4,7-13,15H2,1-2H3/t19-/m1/s1. The maximum atomic E-state index is 13.2. The van der Waals surface area contributed by atoms with Gasteiger partial charge in [-0.2, -0.15) is 4.31 Å². The highest BCUT2D eigenvalue weighted by molar-refractivity contribution is 7.89. The van der Waals surface area contributed by atoms with Gasteiger partial charge in [-0.15, -0.1) is 0 Å². The zero-order valence-electron chi connectivity index (χ0n) is 19.5. The van der Waals surface area contributed by atoms with Crippen LogP contribution in [0.5, 0.6) is 11.5 Å². The van der Waals surface area contributed by atoms with Crippen molar-refractivity contribution in [1.29, 1.82) is 0 Å². The van der Waals surface area contributed by atoms with Crippen molar-refractivity contribution in [3.63, 3.8) is 0 Å². The van der Waals surface area contributed by atoms with E-state index in [-0.39, 0.29) is 23.4 Å². The van der Waals surface area contributed by atoms with Crippen LogP contribution in [0.3, 0.4) is 0 Å². The first-order valence-corrected chi connectivity index (χ1v) is 13.1. The van der Waals surface area contributed by atoms with Gasteiger partial charge in [-0.25, -0.2) is 8.42 Å². The van der Waals surface area contributed by atoms with Crippen LogP contribution in [-0.4, -0.2) is 86.1 Å². The lowest BCUT2D eigenvalue weighted by Gasteiger charge is -2.35. The number of piperazine rings is 1. The Morgan fingerprint density at radius 3 is 2.50 bits per heavy atom. The minimum atomic E-state index is -3.67. The van der Waals surface area contributed by atoms with Crippen molar-refractivity contribution in [2.45, 2.75) is 37.6 Å². The van der Waals surface area contributed by atoms with E-state index in [1.54, 1.807) is 13.8 Å². The minimum absolute atomic E-state index is 0.0181. The first-order chi connectivity index (χ1) is 16.3. The Labute approximate surface area is 199 Å². The molecule has 0 spiro atoms. The van der Waals surface area contributed by atoms with Crippen LogP contribution in [0.2, 0.25) is 0 Å². The molecule has 5 rings (SSSR count). The second-order valence-corrected chi connectivity index (χ2v) is 10.9. The van der Waals surface area contributed by atoms with Crippen LogP contribution in [-0.2, 0) is 14.8 Å². The van der Waals surface area contributed by atoms with Crippen molar-refractivity contribution in [3.05, 3.63) is 35.2 Å². The van der Waals surface area contributed by atoms with E-state index in [4.69, 9.17) is 14.0 Å². The van der Waals surface area contributed by atoms with Crippen LogP contribution in [0.1, 0.15) is 35.9 Å². The van der Waals surface area contributed by atoms with E-state index in [2.05, 4.69) is 5.16 Å². The summed E-state index contributed by atoms with van der Waals surface area (Å²) in [5.41, 5.74) is 1.43. The van der Waals surface area contributed by atoms with Crippen molar-refractivity contribution in [2.75, 3.05) is 52.5 Å². The van der Waals surface area contributed by atoms with Crippen molar-refractivity contribution in [1.82, 2.24) is 19.3 Å². The van der Waals surface area contributed by atoms with Crippen molar-refractivity contribution in [2.24, 2.45) is 0 Å². The Morgan fingerprint density at radius 1 is 1.06 bits per heavy atom. The molecule has 0 saturated carbocycles. The Kier molecular flexibility index (Phi) is 6.26. The summed E-state index contributed by atoms with van der Waals surface area (Å²) in [6, 6.07) is 5.94. The molecule has 184 valence electrons. The molecule has 3 aliphatic rings. The van der Waals surface area contributed by atoms with E-state index in [0.29, 0.717) is 50.8 Å². The normalized spacial score (nSPS) is 21.7. The highest BCUT2D eigenvalue weighted by Gasteiger charge is 2.35. The maximum Gasteiger partial charge on any atom is 0.248 e. The molecule has 0 unspecified atom stereocenters. The summed E-state index contributed by atoms with van der Waals surface area (Å²) < 4.78 is 43.9. The van der Waals surface area contributed by atoms with E-state index >= 15 is 0 Å². The lowest BCUT2D eigenvalue weighted by Crippen LogP contribution is -2.51. The first-order valence-electron chi connectivity index (χ1n) is 11.7. The summed E-state index contributed by atoms with van der Waals surface area (Å²) in [6.07, 6.45) is 1.86. The lowest BCUT2D eigenvalue weighted by atomic mass is 10.0. The van der Waals surface area contributed by atoms with Gasteiger partial charge in [-0.05, 0) is 44.4 Å². The summed E-state index contributed by atoms with van der Waals surface area (Å²) >= 11 is 0. The number of amides is 1. The molecule has 1 aromatic carbocycles. The fraction of sp³-hybridized carbons (Fsp3) is 0.565. The minimum Gasteiger partial charge on any atom is -0.486 e. The monoisotopic (exact) mass is 490 g/mol. The molecule has 1 atom stereocenters. The molecule has 1 aromatic heterocycles. The average Bonchev–Trinajstić information content (AvgIpc) is 3.46. The molecule has 2 fully saturated rings. The predicted octanol–water partition coefficient (Wildman–Crippen LogP) is 1.73. The van der Waals surface area contributed by atoms with Gasteiger partial charge in [-0.3, -0.25) is 9.69 Å². The Hall–Kier alpha value is -2.63. The van der Waals surface area contributed by atoms with Gasteiger partial charge in [-0.1, -0.05) is 11.2 Å². The number of hydrogen-bond acceptors (Lipinski definition) is 8. The van der Waals surface area contributed by atoms with Crippen molar-refractivity contribution >= 4 is 15.9 Å². The molecule has 10 nitrogen and oxygen atoms in total. The molecule has 2 saturated heterocycles. The number of likely N-dealkylation sites (tertiary alicyclic amines) is 1. The number of rotatable bonds is 5. The number of nitrogens with zero attached hydrogens (tertiary/aromatic N) is 4. The molecule has 1 amide bonds. The summed E-state index contributed by atoms with van der Waals surface area (Å²) in [7, 11) is -3.67. The topological polar surface area (TPSA) is 105 Å². The third-order valence-corrected chi connectivity index (χ3v) is 8.92. The number of fused-ring (bicyclic) bond motifs is 1. The SMILES string of the molecule is Cc1noc(C)c1S(=O)(=O)N1CCN(CC(=O)N2CCC[C@@H]2c2ccc3c(c2)OCCO3)CC1. The van der Waals surface area contributed by atoms with E-state index < -0.39 is 10.0 Å². The highest BCUT2D eigenvalue weighted by Crippen LogP contribution is 2.38. The Morgan fingerprint density at radius 2 is 1.79 bits per heavy atom. The summed E-state index contributed by atoms with van der Waals surface area (Å²) in [5, 5.41) is 3.78. The van der Waals surface area contributed by atoms with Crippen LogP contribution in [0.15, 0.2) is 27.6 Å². The number of aromatic nitrogens is 1. The number of carbonyl (C=O) groups is 1. The molecule has 34 heavy (non-hydrogen) atoms. The number of ether oxygens (including phenoxy) is 2. The van der Waals surface area contributed by atoms with E-state index in [1.807, 2.05) is 28.0 Å². The van der Waals surface area contributed by atoms with Crippen LogP contribution in [0.4, 0.5) is 0 Å². The van der Waals surface area contributed by atoms with Crippen LogP contribution >= 0.6 is 0 Å². The molecule has 4 heterocycles. The molecule has 0 radical (unpaired) electrons. The molecule has 3 aliphatic heterocycles. The van der Waals surface area contributed by atoms with Crippen LogP contribution in [0, 0.1) is 13.8 Å². The first kappa shape index (κ1) is 23.1. The van der Waals surface area contributed by atoms with E-state index in [0.717, 1.165) is 36.4 Å². The zero-order chi connectivity index (χ0) is 23.9. The highest BCUT2D eigenvalue weighted by atomic mass is 32.2. The second-order valence-electron chi connectivity index (χ2n) is 8.98.